The number of aromatic nitrogens is 2. The predicted molar refractivity (Wildman–Crippen MR) is 107 cm³/mol. The van der Waals surface area contributed by atoms with E-state index in [0.717, 1.165) is 12.8 Å². The summed E-state index contributed by atoms with van der Waals surface area (Å²) in [6.45, 7) is 4.60. The molecule has 0 aliphatic carbocycles. The predicted octanol–water partition coefficient (Wildman–Crippen LogP) is 2.28. The minimum absolute atomic E-state index is 0.00370. The molecule has 0 radical (unpaired) electrons. The number of hydrogen-bond acceptors (Lipinski definition) is 8. The first-order valence-electron chi connectivity index (χ1n) is 9.66. The van der Waals surface area contributed by atoms with Gasteiger partial charge in [-0.15, -0.1) is 10.2 Å². The molecule has 0 N–H and O–H groups in total. The van der Waals surface area contributed by atoms with Crippen LogP contribution < -0.4 is 0 Å². The first-order chi connectivity index (χ1) is 13.9. The first-order valence-corrected chi connectivity index (χ1v) is 11.3. The number of sulfonamides is 1. The van der Waals surface area contributed by atoms with E-state index in [1.54, 1.807) is 16.4 Å². The Morgan fingerprint density at radius 3 is 2.41 bits per heavy atom. The molecule has 0 bridgehead atoms. The second-order valence-corrected chi connectivity index (χ2v) is 9.09. The Bertz CT molecular complexity index is 920. The van der Waals surface area contributed by atoms with Gasteiger partial charge in [-0.25, -0.2) is 8.42 Å². The molecule has 0 spiro atoms. The molecule has 0 unspecified atom stereocenters. The van der Waals surface area contributed by atoms with E-state index in [4.69, 9.17) is 4.42 Å². The number of hydrogen-bond donors (Lipinski definition) is 0. The first kappa shape index (κ1) is 21.3. The van der Waals surface area contributed by atoms with Gasteiger partial charge in [0.2, 0.25) is 21.8 Å². The molecule has 2 heterocycles. The van der Waals surface area contributed by atoms with Crippen molar-refractivity contribution in [3.8, 4) is 11.5 Å². The van der Waals surface area contributed by atoms with Crippen molar-refractivity contribution in [1.29, 1.82) is 0 Å². The van der Waals surface area contributed by atoms with Crippen LogP contribution in [-0.4, -0.2) is 64.7 Å². The maximum atomic E-state index is 12.4. The SMILES string of the molecule is CCCCCS(=O)(=O)N1CCN(Cc2nnc(-c3ccc([N+](=O)[O-])cc3)o2)CC1. The fraction of sp³-hybridized carbons (Fsp3) is 0.556. The highest BCUT2D eigenvalue weighted by atomic mass is 32.2. The highest BCUT2D eigenvalue weighted by Gasteiger charge is 2.27. The maximum Gasteiger partial charge on any atom is 0.269 e. The largest absolute Gasteiger partial charge is 0.419 e. The van der Waals surface area contributed by atoms with Crippen molar-refractivity contribution in [2.75, 3.05) is 31.9 Å². The molecule has 0 saturated carbocycles. The molecule has 0 amide bonds. The molecule has 29 heavy (non-hydrogen) atoms. The van der Waals surface area contributed by atoms with Crippen LogP contribution in [0.4, 0.5) is 5.69 Å². The molecule has 3 rings (SSSR count). The summed E-state index contributed by atoms with van der Waals surface area (Å²) in [5.74, 6) is 0.938. The van der Waals surface area contributed by atoms with Gasteiger partial charge >= 0.3 is 0 Å². The Hall–Kier alpha value is -2.37. The number of nitro groups is 1. The van der Waals surface area contributed by atoms with Gasteiger partial charge in [-0.1, -0.05) is 19.8 Å². The number of benzene rings is 1. The summed E-state index contributed by atoms with van der Waals surface area (Å²) < 4.78 is 32.0. The van der Waals surface area contributed by atoms with Crippen molar-refractivity contribution in [2.24, 2.45) is 0 Å². The van der Waals surface area contributed by atoms with Crippen molar-refractivity contribution in [3.63, 3.8) is 0 Å². The molecule has 158 valence electrons. The van der Waals surface area contributed by atoms with Crippen LogP contribution in [0.25, 0.3) is 11.5 Å². The van der Waals surface area contributed by atoms with Crippen molar-refractivity contribution in [2.45, 2.75) is 32.7 Å². The van der Waals surface area contributed by atoms with Crippen molar-refractivity contribution in [3.05, 3.63) is 40.3 Å². The average Bonchev–Trinajstić information content (AvgIpc) is 3.17. The van der Waals surface area contributed by atoms with E-state index in [0.29, 0.717) is 56.5 Å². The summed E-state index contributed by atoms with van der Waals surface area (Å²) in [6.07, 6.45) is 2.62. The van der Waals surface area contributed by atoms with Crippen LogP contribution in [0.15, 0.2) is 28.7 Å². The van der Waals surface area contributed by atoms with Crippen molar-refractivity contribution in [1.82, 2.24) is 19.4 Å². The molecular formula is C18H25N5O5S. The molecular weight excluding hydrogens is 398 g/mol. The van der Waals surface area contributed by atoms with E-state index in [1.165, 1.54) is 12.1 Å². The highest BCUT2D eigenvalue weighted by molar-refractivity contribution is 7.89. The van der Waals surface area contributed by atoms with Crippen LogP contribution in [0.1, 0.15) is 32.1 Å². The second-order valence-electron chi connectivity index (χ2n) is 7.00. The van der Waals surface area contributed by atoms with Gasteiger partial charge in [0.25, 0.3) is 5.69 Å². The Morgan fingerprint density at radius 1 is 1.10 bits per heavy atom. The Balaban J connectivity index is 1.53. The zero-order valence-corrected chi connectivity index (χ0v) is 17.2. The van der Waals surface area contributed by atoms with Crippen LogP contribution >= 0.6 is 0 Å². The van der Waals surface area contributed by atoms with Gasteiger partial charge in [-0.3, -0.25) is 15.0 Å². The minimum Gasteiger partial charge on any atom is -0.419 e. The third kappa shape index (κ3) is 5.58. The number of nitro benzene ring substituents is 1. The Morgan fingerprint density at radius 2 is 1.79 bits per heavy atom. The third-order valence-electron chi connectivity index (χ3n) is 4.88. The summed E-state index contributed by atoms with van der Waals surface area (Å²) in [7, 11) is -3.19. The smallest absolute Gasteiger partial charge is 0.269 e. The molecule has 2 aromatic rings. The molecule has 1 aliphatic heterocycles. The fourth-order valence-electron chi connectivity index (χ4n) is 3.18. The molecule has 0 atom stereocenters. The standard InChI is InChI=1S/C18H25N5O5S/c1-2-3-4-13-29(26,27)22-11-9-21(10-12-22)14-17-19-20-18(28-17)15-5-7-16(8-6-15)23(24)25/h5-8H,2-4,9-14H2,1H3. The van der Waals surface area contributed by atoms with Gasteiger partial charge in [0, 0.05) is 43.9 Å². The lowest BCUT2D eigenvalue weighted by Crippen LogP contribution is -2.48. The van der Waals surface area contributed by atoms with E-state index >= 15 is 0 Å². The lowest BCUT2D eigenvalue weighted by atomic mass is 10.2. The zero-order valence-electron chi connectivity index (χ0n) is 16.4. The summed E-state index contributed by atoms with van der Waals surface area (Å²) in [6, 6.07) is 5.91. The van der Waals surface area contributed by atoms with Crippen LogP contribution in [0.2, 0.25) is 0 Å². The fourth-order valence-corrected chi connectivity index (χ4v) is 4.73. The number of unbranched alkanes of at least 4 members (excludes halogenated alkanes) is 2. The molecule has 1 fully saturated rings. The molecule has 1 aliphatic rings. The summed E-state index contributed by atoms with van der Waals surface area (Å²) in [5.41, 5.74) is 0.605. The topological polar surface area (TPSA) is 123 Å². The summed E-state index contributed by atoms with van der Waals surface area (Å²) in [4.78, 5) is 12.3. The summed E-state index contributed by atoms with van der Waals surface area (Å²) >= 11 is 0. The van der Waals surface area contributed by atoms with Crippen LogP contribution in [0.5, 0.6) is 0 Å². The number of rotatable bonds is 9. The zero-order chi connectivity index (χ0) is 20.9. The molecule has 1 aromatic heterocycles. The number of non-ortho nitro benzene ring substituents is 1. The quantitative estimate of drug-likeness (QED) is 0.342. The van der Waals surface area contributed by atoms with Crippen molar-refractivity contribution < 1.29 is 17.8 Å². The monoisotopic (exact) mass is 423 g/mol. The molecule has 1 saturated heterocycles. The van der Waals surface area contributed by atoms with Gasteiger partial charge in [-0.05, 0) is 18.6 Å². The van der Waals surface area contributed by atoms with Crippen molar-refractivity contribution >= 4 is 15.7 Å². The van der Waals surface area contributed by atoms with E-state index in [9.17, 15) is 18.5 Å². The van der Waals surface area contributed by atoms with Gasteiger partial charge in [0.1, 0.15) is 0 Å². The highest BCUT2D eigenvalue weighted by Crippen LogP contribution is 2.22. The third-order valence-corrected chi connectivity index (χ3v) is 6.84. The number of nitrogens with zero attached hydrogens (tertiary/aromatic N) is 5. The summed E-state index contributed by atoms with van der Waals surface area (Å²) in [5, 5.41) is 18.8. The van der Waals surface area contributed by atoms with Crippen LogP contribution in [0, 0.1) is 10.1 Å². The molecule has 10 nitrogen and oxygen atoms in total. The van der Waals surface area contributed by atoms with Crippen LogP contribution in [0.3, 0.4) is 0 Å². The van der Waals surface area contributed by atoms with Gasteiger partial charge in [0.15, 0.2) is 0 Å². The second kappa shape index (κ2) is 9.42. The van der Waals surface area contributed by atoms with Gasteiger partial charge in [0.05, 0.1) is 17.2 Å². The van der Waals surface area contributed by atoms with E-state index in [-0.39, 0.29) is 11.4 Å². The maximum absolute atomic E-state index is 12.4. The molecule has 11 heteroatoms. The normalized spacial score (nSPS) is 16.2. The number of piperazine rings is 1. The van der Waals surface area contributed by atoms with E-state index in [1.807, 2.05) is 0 Å². The lowest BCUT2D eigenvalue weighted by Gasteiger charge is -2.33. The van der Waals surface area contributed by atoms with E-state index in [2.05, 4.69) is 22.0 Å². The minimum atomic E-state index is -3.19. The van der Waals surface area contributed by atoms with Crippen LogP contribution in [-0.2, 0) is 16.6 Å². The average molecular weight is 423 g/mol. The molecule has 1 aromatic carbocycles. The Kier molecular flexibility index (Phi) is 6.93. The van der Waals surface area contributed by atoms with Gasteiger partial charge in [-0.2, -0.15) is 4.31 Å². The lowest BCUT2D eigenvalue weighted by molar-refractivity contribution is -0.384. The van der Waals surface area contributed by atoms with Gasteiger partial charge < -0.3 is 4.42 Å². The Labute approximate surface area is 169 Å². The van der Waals surface area contributed by atoms with E-state index < -0.39 is 14.9 Å².